The molecule has 32 heavy (non-hydrogen) atoms. The van der Waals surface area contributed by atoms with Gasteiger partial charge in [-0.2, -0.15) is 0 Å². The lowest BCUT2D eigenvalue weighted by Crippen LogP contribution is -2.39. The van der Waals surface area contributed by atoms with Gasteiger partial charge in [0.1, 0.15) is 10.8 Å². The Kier molecular flexibility index (Phi) is 6.74. The van der Waals surface area contributed by atoms with Crippen molar-refractivity contribution in [3.05, 3.63) is 64.9 Å². The molecule has 1 fully saturated rings. The number of hydrogen-bond donors (Lipinski definition) is 1. The van der Waals surface area contributed by atoms with Crippen LogP contribution in [-0.2, 0) is 16.6 Å². The summed E-state index contributed by atoms with van der Waals surface area (Å²) in [6, 6.07) is 12.4. The van der Waals surface area contributed by atoms with E-state index in [0.29, 0.717) is 18.0 Å². The van der Waals surface area contributed by atoms with Gasteiger partial charge in [-0.05, 0) is 48.7 Å². The lowest BCUT2D eigenvalue weighted by molar-refractivity contribution is -0.120. The summed E-state index contributed by atoms with van der Waals surface area (Å²) in [4.78, 5) is 17.3. The van der Waals surface area contributed by atoms with Crippen LogP contribution in [0.15, 0.2) is 47.8 Å². The number of thiazole rings is 1. The number of rotatable bonds is 8. The zero-order chi connectivity index (χ0) is 22.6. The van der Waals surface area contributed by atoms with E-state index in [1.807, 2.05) is 35.7 Å². The minimum Gasteiger partial charge on any atom is -0.493 e. The summed E-state index contributed by atoms with van der Waals surface area (Å²) in [5.74, 6) is 1.01. The zero-order valence-electron chi connectivity index (χ0n) is 18.3. The molecular weight excluding hydrogens is 427 g/mol. The number of methoxy groups -OCH3 is 2. The molecule has 0 bridgehead atoms. The van der Waals surface area contributed by atoms with Crippen molar-refractivity contribution in [2.45, 2.75) is 37.5 Å². The second-order valence-electron chi connectivity index (χ2n) is 8.16. The van der Waals surface area contributed by atoms with Crippen LogP contribution in [0.5, 0.6) is 11.5 Å². The molecule has 0 saturated heterocycles. The van der Waals surface area contributed by atoms with E-state index in [1.54, 1.807) is 14.2 Å². The molecule has 2 aromatic carbocycles. The van der Waals surface area contributed by atoms with E-state index in [9.17, 15) is 9.18 Å². The van der Waals surface area contributed by atoms with Gasteiger partial charge in [-0.3, -0.25) is 4.79 Å². The number of nitrogens with one attached hydrogen (secondary N) is 1. The van der Waals surface area contributed by atoms with Crippen molar-refractivity contribution in [1.82, 2.24) is 10.3 Å². The lowest BCUT2D eigenvalue weighted by Gasteiger charge is -2.30. The van der Waals surface area contributed by atoms with Crippen LogP contribution in [0.1, 0.15) is 36.9 Å². The van der Waals surface area contributed by atoms with Crippen LogP contribution in [0, 0.1) is 5.82 Å². The van der Waals surface area contributed by atoms with Crippen LogP contribution >= 0.6 is 11.3 Å². The first-order chi connectivity index (χ1) is 15.5. The molecule has 4 rings (SSSR count). The highest BCUT2D eigenvalue weighted by atomic mass is 32.1. The molecule has 1 amide bonds. The van der Waals surface area contributed by atoms with Gasteiger partial charge in [-0.25, -0.2) is 9.37 Å². The number of aromatic nitrogens is 1. The third-order valence-electron chi connectivity index (χ3n) is 6.17. The topological polar surface area (TPSA) is 60.5 Å². The van der Waals surface area contributed by atoms with E-state index >= 15 is 0 Å². The van der Waals surface area contributed by atoms with Crippen LogP contribution in [0.2, 0.25) is 0 Å². The molecule has 1 aliphatic carbocycles. The summed E-state index contributed by atoms with van der Waals surface area (Å²) in [6.07, 6.45) is 4.46. The Morgan fingerprint density at radius 1 is 1.09 bits per heavy atom. The molecular formula is C25H27FN2O3S. The number of benzene rings is 2. The zero-order valence-corrected chi connectivity index (χ0v) is 19.1. The van der Waals surface area contributed by atoms with E-state index in [0.717, 1.165) is 47.5 Å². The van der Waals surface area contributed by atoms with Crippen molar-refractivity contribution >= 4 is 17.2 Å². The third kappa shape index (κ3) is 4.78. The van der Waals surface area contributed by atoms with E-state index in [-0.39, 0.29) is 23.6 Å². The molecule has 1 aromatic heterocycles. The van der Waals surface area contributed by atoms with Crippen LogP contribution in [0.25, 0.3) is 10.6 Å². The fourth-order valence-electron chi connectivity index (χ4n) is 4.41. The molecule has 168 valence electrons. The van der Waals surface area contributed by atoms with Crippen molar-refractivity contribution < 1.29 is 18.7 Å². The van der Waals surface area contributed by atoms with E-state index in [1.165, 1.54) is 23.5 Å². The van der Waals surface area contributed by atoms with Crippen molar-refractivity contribution in [3.8, 4) is 22.1 Å². The molecule has 1 heterocycles. The van der Waals surface area contributed by atoms with Crippen LogP contribution in [0.3, 0.4) is 0 Å². The first-order valence-corrected chi connectivity index (χ1v) is 11.6. The highest BCUT2D eigenvalue weighted by Gasteiger charge is 2.35. The van der Waals surface area contributed by atoms with Gasteiger partial charge in [0.05, 0.1) is 26.3 Å². The SMILES string of the molecule is COc1ccc(-c2nc(CC(=O)NCC3(c4ccc(F)cc4)CCCC3)cs2)cc1OC. The first kappa shape index (κ1) is 22.3. The third-order valence-corrected chi connectivity index (χ3v) is 7.11. The molecule has 3 aromatic rings. The number of nitrogens with zero attached hydrogens (tertiary/aromatic N) is 1. The number of carbonyl (C=O) groups excluding carboxylic acids is 1. The molecule has 1 N–H and O–H groups in total. The van der Waals surface area contributed by atoms with Gasteiger partial charge in [0.2, 0.25) is 5.91 Å². The molecule has 7 heteroatoms. The number of halogens is 1. The summed E-state index contributed by atoms with van der Waals surface area (Å²) in [5, 5.41) is 5.84. The van der Waals surface area contributed by atoms with Gasteiger partial charge in [0.25, 0.3) is 0 Å². The minimum atomic E-state index is -0.236. The van der Waals surface area contributed by atoms with Gasteiger partial charge in [-0.1, -0.05) is 25.0 Å². The number of hydrogen-bond acceptors (Lipinski definition) is 5. The van der Waals surface area contributed by atoms with Crippen molar-refractivity contribution in [3.63, 3.8) is 0 Å². The maximum atomic E-state index is 13.4. The summed E-state index contributed by atoms with van der Waals surface area (Å²) in [7, 11) is 3.20. The molecule has 1 aliphatic rings. The summed E-state index contributed by atoms with van der Waals surface area (Å²) in [5.41, 5.74) is 2.64. The van der Waals surface area contributed by atoms with Crippen molar-refractivity contribution in [1.29, 1.82) is 0 Å². The molecule has 0 radical (unpaired) electrons. The smallest absolute Gasteiger partial charge is 0.226 e. The highest BCUT2D eigenvalue weighted by Crippen LogP contribution is 2.40. The second-order valence-corrected chi connectivity index (χ2v) is 9.02. The van der Waals surface area contributed by atoms with Gasteiger partial charge < -0.3 is 14.8 Å². The molecule has 0 unspecified atom stereocenters. The maximum Gasteiger partial charge on any atom is 0.226 e. The average Bonchev–Trinajstić information content (AvgIpc) is 3.48. The Labute approximate surface area is 191 Å². The quantitative estimate of drug-likeness (QED) is 0.512. The Morgan fingerprint density at radius 2 is 1.81 bits per heavy atom. The average molecular weight is 455 g/mol. The van der Waals surface area contributed by atoms with Gasteiger partial charge in [-0.15, -0.1) is 11.3 Å². The van der Waals surface area contributed by atoms with E-state index < -0.39 is 0 Å². The number of ether oxygens (including phenoxy) is 2. The van der Waals surface area contributed by atoms with E-state index in [4.69, 9.17) is 9.47 Å². The monoisotopic (exact) mass is 454 g/mol. The largest absolute Gasteiger partial charge is 0.493 e. The fourth-order valence-corrected chi connectivity index (χ4v) is 5.22. The predicted octanol–water partition coefficient (Wildman–Crippen LogP) is 5.14. The van der Waals surface area contributed by atoms with Gasteiger partial charge in [0, 0.05) is 22.9 Å². The Hall–Kier alpha value is -2.93. The van der Waals surface area contributed by atoms with Crippen LogP contribution in [0.4, 0.5) is 4.39 Å². The Bertz CT molecular complexity index is 1080. The second kappa shape index (κ2) is 9.69. The van der Waals surface area contributed by atoms with Gasteiger partial charge >= 0.3 is 0 Å². The fraction of sp³-hybridized carbons (Fsp3) is 0.360. The van der Waals surface area contributed by atoms with Gasteiger partial charge in [0.15, 0.2) is 11.5 Å². The number of amides is 1. The summed E-state index contributed by atoms with van der Waals surface area (Å²) < 4.78 is 24.0. The molecule has 0 aliphatic heterocycles. The lowest BCUT2D eigenvalue weighted by atomic mass is 9.79. The van der Waals surface area contributed by atoms with Crippen molar-refractivity contribution in [2.75, 3.05) is 20.8 Å². The molecule has 5 nitrogen and oxygen atoms in total. The van der Waals surface area contributed by atoms with Crippen LogP contribution in [-0.4, -0.2) is 31.7 Å². The predicted molar refractivity (Wildman–Crippen MR) is 124 cm³/mol. The Morgan fingerprint density at radius 3 is 2.50 bits per heavy atom. The molecule has 0 spiro atoms. The normalized spacial score (nSPS) is 14.8. The van der Waals surface area contributed by atoms with Crippen LogP contribution < -0.4 is 14.8 Å². The molecule has 1 saturated carbocycles. The van der Waals surface area contributed by atoms with E-state index in [2.05, 4.69) is 10.3 Å². The minimum absolute atomic E-state index is 0.0532. The summed E-state index contributed by atoms with van der Waals surface area (Å²) >= 11 is 1.50. The molecule has 0 atom stereocenters. The Balaban J connectivity index is 1.40. The maximum absolute atomic E-state index is 13.4. The highest BCUT2D eigenvalue weighted by molar-refractivity contribution is 7.13. The first-order valence-electron chi connectivity index (χ1n) is 10.7. The summed E-state index contributed by atoms with van der Waals surface area (Å²) in [6.45, 7) is 0.560. The standard InChI is InChI=1S/C25H27FN2O3S/c1-30-21-10-5-17(13-22(21)31-2)24-28-20(15-32-24)14-23(29)27-16-25(11-3-4-12-25)18-6-8-19(26)9-7-18/h5-10,13,15H,3-4,11-12,14,16H2,1-2H3,(H,27,29). The number of carbonyl (C=O) groups is 1. The van der Waals surface area contributed by atoms with Crippen molar-refractivity contribution in [2.24, 2.45) is 0 Å².